The number of hydrogen-bond acceptors (Lipinski definition) is 5. The summed E-state index contributed by atoms with van der Waals surface area (Å²) in [5.74, 6) is -0.733. The van der Waals surface area contributed by atoms with Crippen LogP contribution in [0.5, 0.6) is 0 Å². The Morgan fingerprint density at radius 2 is 1.96 bits per heavy atom. The van der Waals surface area contributed by atoms with E-state index in [2.05, 4.69) is 0 Å². The lowest BCUT2D eigenvalue weighted by atomic mass is 9.96. The number of aliphatic hydroxyl groups is 1. The van der Waals surface area contributed by atoms with Crippen molar-refractivity contribution in [3.8, 4) is 0 Å². The molecule has 8 heteroatoms. The predicted molar refractivity (Wildman–Crippen MR) is 102 cm³/mol. The van der Waals surface area contributed by atoms with Crippen molar-refractivity contribution in [3.63, 3.8) is 0 Å². The summed E-state index contributed by atoms with van der Waals surface area (Å²) in [5.41, 5.74) is 14.0. The van der Waals surface area contributed by atoms with Crippen molar-refractivity contribution in [1.82, 2.24) is 10.0 Å². The van der Waals surface area contributed by atoms with Crippen molar-refractivity contribution in [1.29, 1.82) is 0 Å². The highest BCUT2D eigenvalue weighted by atomic mass is 35.5. The molecule has 0 radical (unpaired) electrons. The van der Waals surface area contributed by atoms with Crippen LogP contribution in [0.25, 0.3) is 5.70 Å². The number of aliphatic hydroxyl groups excluding tert-OH is 1. The molecule has 1 aliphatic heterocycles. The molecule has 1 heterocycles. The number of hydrogen-bond donors (Lipinski definition) is 3. The van der Waals surface area contributed by atoms with Crippen LogP contribution in [-0.4, -0.2) is 40.7 Å². The normalized spacial score (nSPS) is 17.8. The van der Waals surface area contributed by atoms with Crippen LogP contribution in [0.4, 0.5) is 4.39 Å². The van der Waals surface area contributed by atoms with E-state index in [-0.39, 0.29) is 49.7 Å². The quantitative estimate of drug-likeness (QED) is 0.691. The minimum Gasteiger partial charge on any atom is -0.400 e. The summed E-state index contributed by atoms with van der Waals surface area (Å²) in [6, 6.07) is 4.62. The van der Waals surface area contributed by atoms with Crippen LogP contribution >= 0.6 is 12.4 Å². The Hall–Kier alpha value is -1.83. The van der Waals surface area contributed by atoms with E-state index in [4.69, 9.17) is 11.5 Å². The lowest BCUT2D eigenvalue weighted by Crippen LogP contribution is -2.54. The number of carbonyl (C=O) groups is 1. The van der Waals surface area contributed by atoms with E-state index >= 15 is 0 Å². The Morgan fingerprint density at radius 1 is 1.31 bits per heavy atom. The van der Waals surface area contributed by atoms with Crippen molar-refractivity contribution in [2.45, 2.75) is 27.3 Å². The summed E-state index contributed by atoms with van der Waals surface area (Å²) in [6.45, 7) is 6.44. The third-order valence-electron chi connectivity index (χ3n) is 4.30. The van der Waals surface area contributed by atoms with E-state index < -0.39 is 5.92 Å². The SMILES string of the molecule is CC(C)CN1C(=O)C(C)C(N)=C(c2ccc(F)c(CN)c2)N1CCO.Cl. The van der Waals surface area contributed by atoms with Gasteiger partial charge in [0, 0.05) is 29.9 Å². The molecule has 0 spiro atoms. The Bertz CT molecular complexity index is 681. The first kappa shape index (κ1) is 22.2. The lowest BCUT2D eigenvalue weighted by Gasteiger charge is -2.44. The fourth-order valence-electron chi connectivity index (χ4n) is 3.01. The van der Waals surface area contributed by atoms with Crippen molar-refractivity contribution in [2.75, 3.05) is 19.7 Å². The number of halogens is 2. The van der Waals surface area contributed by atoms with Crippen molar-refractivity contribution < 1.29 is 14.3 Å². The van der Waals surface area contributed by atoms with Gasteiger partial charge in [0.05, 0.1) is 24.8 Å². The highest BCUT2D eigenvalue weighted by molar-refractivity contribution is 5.88. The summed E-state index contributed by atoms with van der Waals surface area (Å²) in [4.78, 5) is 12.7. The average molecular weight is 387 g/mol. The van der Waals surface area contributed by atoms with E-state index in [1.807, 2.05) is 13.8 Å². The van der Waals surface area contributed by atoms with Crippen molar-refractivity contribution >= 4 is 24.0 Å². The standard InChI is InChI=1S/C18H27FN4O2.ClH/c1-11(2)10-23-18(25)12(3)16(21)17(22(23)6-7-24)13-4-5-15(19)14(8-13)9-20;/h4-5,8,11-12,24H,6-7,9-10,20-21H2,1-3H3;1H. The van der Waals surface area contributed by atoms with Crippen LogP contribution in [0.3, 0.4) is 0 Å². The molecule has 2 rings (SSSR count). The summed E-state index contributed by atoms with van der Waals surface area (Å²) in [7, 11) is 0. The molecule has 0 saturated carbocycles. The zero-order valence-electron chi connectivity index (χ0n) is 15.4. The molecular weight excluding hydrogens is 359 g/mol. The first-order chi connectivity index (χ1) is 11.8. The number of amides is 1. The molecule has 1 amide bonds. The van der Waals surface area contributed by atoms with Gasteiger partial charge in [0.15, 0.2) is 0 Å². The van der Waals surface area contributed by atoms with Gasteiger partial charge in [-0.2, -0.15) is 0 Å². The van der Waals surface area contributed by atoms with Gasteiger partial charge in [0.1, 0.15) is 5.82 Å². The van der Waals surface area contributed by atoms with Gasteiger partial charge in [0.25, 0.3) is 0 Å². The number of nitrogens with two attached hydrogens (primary N) is 2. The largest absolute Gasteiger partial charge is 0.400 e. The van der Waals surface area contributed by atoms with Gasteiger partial charge >= 0.3 is 0 Å². The molecule has 1 aromatic rings. The zero-order chi connectivity index (χ0) is 18.7. The highest BCUT2D eigenvalue weighted by Gasteiger charge is 2.37. The first-order valence-electron chi connectivity index (χ1n) is 8.50. The van der Waals surface area contributed by atoms with Gasteiger partial charge in [-0.3, -0.25) is 14.8 Å². The van der Waals surface area contributed by atoms with Gasteiger partial charge in [-0.25, -0.2) is 4.39 Å². The number of nitrogens with zero attached hydrogens (tertiary/aromatic N) is 2. The summed E-state index contributed by atoms with van der Waals surface area (Å²) < 4.78 is 13.8. The minimum absolute atomic E-state index is 0. The lowest BCUT2D eigenvalue weighted by molar-refractivity contribution is -0.150. The summed E-state index contributed by atoms with van der Waals surface area (Å²) in [6.07, 6.45) is 0. The van der Waals surface area contributed by atoms with Crippen LogP contribution in [0, 0.1) is 17.7 Å². The second kappa shape index (κ2) is 9.21. The molecule has 6 nitrogen and oxygen atoms in total. The Morgan fingerprint density at radius 3 is 2.50 bits per heavy atom. The maximum Gasteiger partial charge on any atom is 0.249 e. The summed E-state index contributed by atoms with van der Waals surface area (Å²) >= 11 is 0. The Labute approximate surface area is 160 Å². The van der Waals surface area contributed by atoms with E-state index in [9.17, 15) is 14.3 Å². The van der Waals surface area contributed by atoms with Gasteiger partial charge in [-0.05, 0) is 31.0 Å². The predicted octanol–water partition coefficient (Wildman–Crippen LogP) is 1.68. The number of β-amino-alcohol motifs (C(OH)–C–C–N with tert-alkyl or cyclic N) is 1. The fourth-order valence-corrected chi connectivity index (χ4v) is 3.01. The number of benzene rings is 1. The number of rotatable bonds is 6. The highest BCUT2D eigenvalue weighted by Crippen LogP contribution is 2.33. The molecule has 146 valence electrons. The van der Waals surface area contributed by atoms with E-state index in [1.54, 1.807) is 29.1 Å². The molecule has 1 aliphatic rings. The molecular formula is C18H28ClFN4O2. The molecule has 1 unspecified atom stereocenters. The van der Waals surface area contributed by atoms with Crippen LogP contribution < -0.4 is 11.5 Å². The van der Waals surface area contributed by atoms with Crippen LogP contribution in [0.15, 0.2) is 23.9 Å². The molecule has 1 atom stereocenters. The molecule has 0 saturated heterocycles. The number of carbonyl (C=O) groups excluding carboxylic acids is 1. The zero-order valence-corrected chi connectivity index (χ0v) is 16.2. The molecule has 26 heavy (non-hydrogen) atoms. The van der Waals surface area contributed by atoms with Gasteiger partial charge < -0.3 is 16.6 Å². The molecule has 0 aromatic heterocycles. The van der Waals surface area contributed by atoms with Gasteiger partial charge in [-0.1, -0.05) is 13.8 Å². The molecule has 0 bridgehead atoms. The fraction of sp³-hybridized carbons (Fsp3) is 0.500. The Kier molecular flexibility index (Phi) is 7.87. The summed E-state index contributed by atoms with van der Waals surface area (Å²) in [5, 5.41) is 12.8. The minimum atomic E-state index is -0.491. The second-order valence-corrected chi connectivity index (χ2v) is 6.70. The first-order valence-corrected chi connectivity index (χ1v) is 8.50. The van der Waals surface area contributed by atoms with E-state index in [1.165, 1.54) is 6.07 Å². The Balaban J connectivity index is 0.00000338. The third kappa shape index (κ3) is 4.28. The number of hydrazine groups is 1. The molecule has 0 aliphatic carbocycles. The smallest absolute Gasteiger partial charge is 0.249 e. The van der Waals surface area contributed by atoms with Gasteiger partial charge in [-0.15, -0.1) is 12.4 Å². The molecule has 5 N–H and O–H groups in total. The van der Waals surface area contributed by atoms with E-state index in [0.717, 1.165) is 0 Å². The van der Waals surface area contributed by atoms with Gasteiger partial charge in [0.2, 0.25) is 5.91 Å². The molecule has 1 aromatic carbocycles. The third-order valence-corrected chi connectivity index (χ3v) is 4.30. The van der Waals surface area contributed by atoms with E-state index in [0.29, 0.717) is 29.1 Å². The van der Waals surface area contributed by atoms with Crippen molar-refractivity contribution in [2.24, 2.45) is 23.3 Å². The maximum absolute atomic E-state index is 13.8. The van der Waals surface area contributed by atoms with Crippen LogP contribution in [0.1, 0.15) is 31.9 Å². The second-order valence-electron chi connectivity index (χ2n) is 6.70. The average Bonchev–Trinajstić information content (AvgIpc) is 2.57. The molecule has 0 fully saturated rings. The maximum atomic E-state index is 13.8. The topological polar surface area (TPSA) is 95.8 Å². The van der Waals surface area contributed by atoms with Crippen molar-refractivity contribution in [3.05, 3.63) is 40.8 Å². The van der Waals surface area contributed by atoms with Crippen LogP contribution in [-0.2, 0) is 11.3 Å². The monoisotopic (exact) mass is 386 g/mol. The van der Waals surface area contributed by atoms with Crippen LogP contribution in [0.2, 0.25) is 0 Å².